The molecule has 1 aromatic heterocycles. The van der Waals surface area contributed by atoms with E-state index in [9.17, 15) is 14.4 Å². The van der Waals surface area contributed by atoms with Crippen molar-refractivity contribution in [3.05, 3.63) is 79.9 Å². The molecule has 2 aromatic rings. The Balaban J connectivity index is 1.42. The Hall–Kier alpha value is -3.15. The summed E-state index contributed by atoms with van der Waals surface area (Å²) in [5, 5.41) is 0.953. The van der Waals surface area contributed by atoms with Gasteiger partial charge in [-0.05, 0) is 103 Å². The van der Waals surface area contributed by atoms with E-state index in [1.807, 2.05) is 12.1 Å². The lowest BCUT2D eigenvalue weighted by molar-refractivity contribution is -0.146. The van der Waals surface area contributed by atoms with Crippen molar-refractivity contribution in [2.45, 2.75) is 112 Å². The predicted molar refractivity (Wildman–Crippen MR) is 176 cm³/mol. The zero-order chi connectivity index (χ0) is 31.3. The second kappa shape index (κ2) is 12.0. The first kappa shape index (κ1) is 30.9. The van der Waals surface area contributed by atoms with E-state index in [4.69, 9.17) is 4.74 Å². The molecule has 2 heterocycles. The second-order valence-corrected chi connectivity index (χ2v) is 14.8. The summed E-state index contributed by atoms with van der Waals surface area (Å²) in [7, 11) is 0. The fourth-order valence-corrected chi connectivity index (χ4v) is 9.14. The molecular formula is C38H50N2O4. The van der Waals surface area contributed by atoms with Gasteiger partial charge in [-0.3, -0.25) is 14.4 Å². The van der Waals surface area contributed by atoms with Gasteiger partial charge in [-0.25, -0.2) is 9.36 Å². The molecule has 0 bridgehead atoms. The molecule has 6 nitrogen and oxygen atoms in total. The van der Waals surface area contributed by atoms with Crippen LogP contribution in [0.15, 0.2) is 68.8 Å². The monoisotopic (exact) mass is 598 g/mol. The number of carbonyl (C=O) groups excluding carboxylic acids is 1. The Kier molecular flexibility index (Phi) is 8.40. The lowest BCUT2D eigenvalue weighted by Crippen LogP contribution is -2.46. The number of ether oxygens (including phenoxy) is 1. The predicted octanol–water partition coefficient (Wildman–Crippen LogP) is 7.76. The first-order valence-electron chi connectivity index (χ1n) is 17.0. The number of hydrogen-bond acceptors (Lipinski definition) is 4. The van der Waals surface area contributed by atoms with Crippen LogP contribution >= 0.6 is 0 Å². The highest BCUT2D eigenvalue weighted by atomic mass is 16.5. The molecule has 6 heteroatoms. The second-order valence-electron chi connectivity index (χ2n) is 14.8. The van der Waals surface area contributed by atoms with Crippen molar-refractivity contribution >= 4 is 16.7 Å². The molecule has 0 radical (unpaired) electrons. The largest absolute Gasteiger partial charge is 0.462 e. The number of nitrogens with zero attached hydrogens (tertiary/aromatic N) is 2. The molecular weight excluding hydrogens is 548 g/mol. The van der Waals surface area contributed by atoms with Gasteiger partial charge in [0.1, 0.15) is 6.10 Å². The maximum Gasteiger partial charge on any atom is 0.302 e. The summed E-state index contributed by atoms with van der Waals surface area (Å²) in [5.41, 5.74) is 3.80. The van der Waals surface area contributed by atoms with Crippen LogP contribution in [0.2, 0.25) is 0 Å². The van der Waals surface area contributed by atoms with Gasteiger partial charge in [0.05, 0.1) is 23.4 Å². The van der Waals surface area contributed by atoms with Gasteiger partial charge in [-0.2, -0.15) is 0 Å². The van der Waals surface area contributed by atoms with Crippen molar-refractivity contribution in [3.8, 4) is 0 Å². The summed E-state index contributed by atoms with van der Waals surface area (Å²) < 4.78 is 9.15. The molecule has 44 heavy (non-hydrogen) atoms. The highest BCUT2D eigenvalue weighted by Gasteiger charge is 2.50. The summed E-state index contributed by atoms with van der Waals surface area (Å²) in [6.07, 6.45) is 15.0. The fourth-order valence-electron chi connectivity index (χ4n) is 9.14. The molecule has 7 atom stereocenters. The van der Waals surface area contributed by atoms with Crippen molar-refractivity contribution in [1.82, 2.24) is 9.36 Å². The van der Waals surface area contributed by atoms with E-state index >= 15 is 0 Å². The number of hydrogen-bond donors (Lipinski definition) is 0. The zero-order valence-electron chi connectivity index (χ0n) is 27.5. The molecule has 1 aliphatic heterocycles. The van der Waals surface area contributed by atoms with Gasteiger partial charge in [-0.15, -0.1) is 0 Å². The van der Waals surface area contributed by atoms with Gasteiger partial charge in [0, 0.05) is 13.3 Å². The SMILES string of the molecule is CC(=O)O[C@@H]1CCC2=C(C1)[C@@H](/C=C1\CCC[C@]3(C)[C@@H]([C@H](C)/C=C/[C@H](C)C(C)C)CC[C@@H]13)n1c(=O)c3ccccc3c(=O)n1C2. The quantitative estimate of drug-likeness (QED) is 0.252. The summed E-state index contributed by atoms with van der Waals surface area (Å²) in [6, 6.07) is 6.86. The van der Waals surface area contributed by atoms with Crippen LogP contribution in [0.3, 0.4) is 0 Å². The molecule has 0 N–H and O–H groups in total. The van der Waals surface area contributed by atoms with Gasteiger partial charge in [-0.1, -0.05) is 70.6 Å². The Labute approximate surface area is 261 Å². The minimum Gasteiger partial charge on any atom is -0.462 e. The van der Waals surface area contributed by atoms with Crippen molar-refractivity contribution in [2.24, 2.45) is 35.0 Å². The number of aromatic nitrogens is 2. The minimum atomic E-state index is -0.345. The Bertz CT molecular complexity index is 1650. The Morgan fingerprint density at radius 2 is 1.73 bits per heavy atom. The molecule has 0 amide bonds. The average Bonchev–Trinajstić information content (AvgIpc) is 3.36. The van der Waals surface area contributed by atoms with Crippen LogP contribution < -0.4 is 11.1 Å². The number of esters is 1. The van der Waals surface area contributed by atoms with Crippen LogP contribution in [-0.4, -0.2) is 21.4 Å². The number of fused-ring (bicyclic) bond motifs is 3. The van der Waals surface area contributed by atoms with Crippen molar-refractivity contribution < 1.29 is 9.53 Å². The summed E-state index contributed by atoms with van der Waals surface area (Å²) in [5.74, 6) is 2.55. The molecule has 6 rings (SSSR count). The number of allylic oxidation sites excluding steroid dienone is 5. The van der Waals surface area contributed by atoms with E-state index < -0.39 is 0 Å². The maximum absolute atomic E-state index is 14.2. The highest BCUT2D eigenvalue weighted by Crippen LogP contribution is 2.60. The molecule has 0 saturated heterocycles. The van der Waals surface area contributed by atoms with E-state index in [1.165, 1.54) is 37.3 Å². The van der Waals surface area contributed by atoms with E-state index in [-0.39, 0.29) is 34.6 Å². The van der Waals surface area contributed by atoms with Crippen molar-refractivity contribution in [2.75, 3.05) is 0 Å². The van der Waals surface area contributed by atoms with Gasteiger partial charge in [0.2, 0.25) is 0 Å². The van der Waals surface area contributed by atoms with E-state index in [2.05, 4.69) is 52.8 Å². The lowest BCUT2D eigenvalue weighted by atomic mass is 9.61. The van der Waals surface area contributed by atoms with Crippen LogP contribution in [-0.2, 0) is 16.1 Å². The molecule has 2 fully saturated rings. The summed E-state index contributed by atoms with van der Waals surface area (Å²) >= 11 is 0. The average molecular weight is 599 g/mol. The third-order valence-corrected chi connectivity index (χ3v) is 11.9. The fraction of sp³-hybridized carbons (Fsp3) is 0.605. The number of benzene rings is 1. The maximum atomic E-state index is 14.2. The van der Waals surface area contributed by atoms with Crippen molar-refractivity contribution in [3.63, 3.8) is 0 Å². The Morgan fingerprint density at radius 1 is 1.00 bits per heavy atom. The number of rotatable bonds is 6. The van der Waals surface area contributed by atoms with Crippen LogP contribution in [0.25, 0.3) is 10.8 Å². The third kappa shape index (κ3) is 5.37. The first-order valence-corrected chi connectivity index (χ1v) is 17.0. The highest BCUT2D eigenvalue weighted by molar-refractivity contribution is 5.80. The molecule has 2 saturated carbocycles. The van der Waals surface area contributed by atoms with Crippen molar-refractivity contribution in [1.29, 1.82) is 0 Å². The summed E-state index contributed by atoms with van der Waals surface area (Å²) in [4.78, 5) is 39.9. The smallest absolute Gasteiger partial charge is 0.302 e. The zero-order valence-corrected chi connectivity index (χ0v) is 27.5. The van der Waals surface area contributed by atoms with Gasteiger partial charge < -0.3 is 4.74 Å². The van der Waals surface area contributed by atoms with E-state index in [1.54, 1.807) is 21.5 Å². The van der Waals surface area contributed by atoms with Crippen LogP contribution in [0.5, 0.6) is 0 Å². The summed E-state index contributed by atoms with van der Waals surface area (Å²) in [6.45, 7) is 13.7. The Morgan fingerprint density at radius 3 is 2.43 bits per heavy atom. The number of carbonyl (C=O) groups is 1. The molecule has 4 aliphatic rings. The van der Waals surface area contributed by atoms with E-state index in [0.717, 1.165) is 31.3 Å². The molecule has 0 spiro atoms. The minimum absolute atomic E-state index is 0.108. The molecule has 236 valence electrons. The topological polar surface area (TPSA) is 70.3 Å². The van der Waals surface area contributed by atoms with Gasteiger partial charge in [0.25, 0.3) is 11.1 Å². The van der Waals surface area contributed by atoms with Crippen LogP contribution in [0.4, 0.5) is 0 Å². The molecule has 0 unspecified atom stereocenters. The van der Waals surface area contributed by atoms with Gasteiger partial charge in [0.15, 0.2) is 0 Å². The van der Waals surface area contributed by atoms with Crippen LogP contribution in [0, 0.1) is 35.0 Å². The first-order chi connectivity index (χ1) is 21.0. The normalized spacial score (nSPS) is 30.8. The van der Waals surface area contributed by atoms with Crippen LogP contribution in [0.1, 0.15) is 99.0 Å². The van der Waals surface area contributed by atoms with Gasteiger partial charge >= 0.3 is 5.97 Å². The standard InChI is InChI=1S/C38H50N2O4/c1-23(2)24(3)13-14-25(4)33-17-18-34-27(10-9-19-38(33,34)6)20-35-32-21-29(44-26(5)41)16-15-28(32)22-39-36(42)30-11-7-8-12-31(30)37(43)40(35)39/h7-8,11-14,20,23-25,29,33-35H,9-10,15-19,21-22H2,1-6H3/b14-13+,27-20+/t24-,25+,29+,33+,34-,35+,38+/m0/s1. The lowest BCUT2D eigenvalue weighted by Gasteiger charge is -2.45. The third-order valence-electron chi connectivity index (χ3n) is 11.9. The molecule has 1 aromatic carbocycles. The molecule has 3 aliphatic carbocycles. The van der Waals surface area contributed by atoms with E-state index in [0.29, 0.717) is 53.3 Å².